The van der Waals surface area contributed by atoms with Crippen LogP contribution in [0.15, 0.2) is 24.5 Å². The summed E-state index contributed by atoms with van der Waals surface area (Å²) in [5.74, 6) is -0.0613. The lowest BCUT2D eigenvalue weighted by atomic mass is 9.75. The highest BCUT2D eigenvalue weighted by atomic mass is 32.2. The SMILES string of the molecule is CS(=O)(=O)N1CCC(NC(=O)[C@H]2[C@H](c3ccncc3)[C@@H]3CC[C@@H]2O3)CC1. The Kier molecular flexibility index (Phi) is 4.75. The number of sulfonamides is 1. The van der Waals surface area contributed by atoms with E-state index in [0.29, 0.717) is 25.9 Å². The first kappa shape index (κ1) is 17.9. The zero-order chi connectivity index (χ0) is 18.3. The summed E-state index contributed by atoms with van der Waals surface area (Å²) in [7, 11) is -3.15. The van der Waals surface area contributed by atoms with Gasteiger partial charge in [0.2, 0.25) is 15.9 Å². The fourth-order valence-electron chi connectivity index (χ4n) is 4.65. The van der Waals surface area contributed by atoms with Crippen molar-refractivity contribution in [3.63, 3.8) is 0 Å². The molecule has 0 aliphatic carbocycles. The molecule has 0 saturated carbocycles. The van der Waals surface area contributed by atoms with Crippen LogP contribution in [0.25, 0.3) is 0 Å². The molecule has 1 aromatic heterocycles. The number of carbonyl (C=O) groups excluding carboxylic acids is 1. The molecule has 7 nitrogen and oxygen atoms in total. The largest absolute Gasteiger partial charge is 0.373 e. The number of ether oxygens (including phenoxy) is 1. The fraction of sp³-hybridized carbons (Fsp3) is 0.667. The van der Waals surface area contributed by atoms with E-state index < -0.39 is 10.0 Å². The Morgan fingerprint density at radius 1 is 1.15 bits per heavy atom. The highest BCUT2D eigenvalue weighted by Gasteiger charge is 2.52. The predicted molar refractivity (Wildman–Crippen MR) is 95.9 cm³/mol. The van der Waals surface area contributed by atoms with Crippen molar-refractivity contribution in [2.75, 3.05) is 19.3 Å². The number of nitrogens with zero attached hydrogens (tertiary/aromatic N) is 2. The summed E-state index contributed by atoms with van der Waals surface area (Å²) < 4.78 is 30.8. The summed E-state index contributed by atoms with van der Waals surface area (Å²) in [5.41, 5.74) is 1.11. The average Bonchev–Trinajstić information content (AvgIpc) is 3.23. The van der Waals surface area contributed by atoms with Crippen LogP contribution in [0.5, 0.6) is 0 Å². The molecular weight excluding hydrogens is 354 g/mol. The molecule has 8 heteroatoms. The molecule has 3 aliphatic heterocycles. The van der Waals surface area contributed by atoms with Crippen molar-refractivity contribution in [3.8, 4) is 0 Å². The normalized spacial score (nSPS) is 32.7. The first-order chi connectivity index (χ1) is 12.4. The molecule has 3 aliphatic rings. The summed E-state index contributed by atoms with van der Waals surface area (Å²) >= 11 is 0. The van der Waals surface area contributed by atoms with Crippen LogP contribution < -0.4 is 5.32 Å². The molecule has 26 heavy (non-hydrogen) atoms. The van der Waals surface area contributed by atoms with Crippen molar-refractivity contribution >= 4 is 15.9 Å². The number of aromatic nitrogens is 1. The second kappa shape index (κ2) is 6.90. The zero-order valence-electron chi connectivity index (χ0n) is 14.9. The maximum atomic E-state index is 13.0. The third-order valence-corrected chi connectivity index (χ3v) is 7.24. The highest BCUT2D eigenvalue weighted by Crippen LogP contribution is 2.48. The van der Waals surface area contributed by atoms with E-state index >= 15 is 0 Å². The summed E-state index contributed by atoms with van der Waals surface area (Å²) in [6.45, 7) is 0.926. The highest BCUT2D eigenvalue weighted by molar-refractivity contribution is 7.88. The van der Waals surface area contributed by atoms with Gasteiger partial charge in [-0.05, 0) is 43.4 Å². The number of carbonyl (C=O) groups is 1. The van der Waals surface area contributed by atoms with Gasteiger partial charge in [-0.1, -0.05) is 0 Å². The number of piperidine rings is 1. The van der Waals surface area contributed by atoms with Crippen molar-refractivity contribution < 1.29 is 17.9 Å². The van der Waals surface area contributed by atoms with Gasteiger partial charge in [-0.3, -0.25) is 9.78 Å². The number of pyridine rings is 1. The molecule has 4 atom stereocenters. The fourth-order valence-corrected chi connectivity index (χ4v) is 5.52. The molecule has 0 spiro atoms. The number of amides is 1. The van der Waals surface area contributed by atoms with Crippen LogP contribution in [0.2, 0.25) is 0 Å². The third-order valence-electron chi connectivity index (χ3n) is 5.94. The second-order valence-corrected chi connectivity index (χ2v) is 9.55. The molecule has 1 N–H and O–H groups in total. The Balaban J connectivity index is 1.43. The van der Waals surface area contributed by atoms with Gasteiger partial charge in [0.05, 0.1) is 24.4 Å². The van der Waals surface area contributed by atoms with E-state index in [1.54, 1.807) is 12.4 Å². The van der Waals surface area contributed by atoms with Crippen molar-refractivity contribution in [1.29, 1.82) is 0 Å². The van der Waals surface area contributed by atoms with Crippen molar-refractivity contribution in [2.24, 2.45) is 5.92 Å². The minimum atomic E-state index is -3.15. The van der Waals surface area contributed by atoms with Crippen LogP contribution in [-0.2, 0) is 19.6 Å². The molecular formula is C18H25N3O4S. The molecule has 4 rings (SSSR count). The monoisotopic (exact) mass is 379 g/mol. The van der Waals surface area contributed by atoms with Crippen LogP contribution in [-0.4, -0.2) is 61.2 Å². The van der Waals surface area contributed by atoms with Crippen LogP contribution in [0.3, 0.4) is 0 Å². The maximum absolute atomic E-state index is 13.0. The van der Waals surface area contributed by atoms with E-state index in [-0.39, 0.29) is 36.0 Å². The van der Waals surface area contributed by atoms with Crippen LogP contribution in [0.1, 0.15) is 37.2 Å². The first-order valence-electron chi connectivity index (χ1n) is 9.24. The van der Waals surface area contributed by atoms with Gasteiger partial charge in [-0.15, -0.1) is 0 Å². The first-order valence-corrected chi connectivity index (χ1v) is 11.1. The maximum Gasteiger partial charge on any atom is 0.226 e. The molecule has 2 bridgehead atoms. The summed E-state index contributed by atoms with van der Waals surface area (Å²) in [6.07, 6.45) is 8.07. The van der Waals surface area contributed by atoms with Crippen molar-refractivity contribution in [1.82, 2.24) is 14.6 Å². The van der Waals surface area contributed by atoms with Crippen LogP contribution in [0.4, 0.5) is 0 Å². The standard InChI is InChI=1S/C18H25N3O4S/c1-26(23,24)21-10-6-13(7-11-21)20-18(22)17-15-3-2-14(25-15)16(17)12-4-8-19-9-5-12/h4-5,8-9,13-17H,2-3,6-7,10-11H2,1H3,(H,20,22)/t14-,15-,16+,17+/m0/s1. The van der Waals surface area contributed by atoms with Crippen LogP contribution in [0, 0.1) is 5.92 Å². The van der Waals surface area contributed by atoms with Gasteiger partial charge in [-0.2, -0.15) is 0 Å². The topological polar surface area (TPSA) is 88.6 Å². The molecule has 0 unspecified atom stereocenters. The molecule has 3 saturated heterocycles. The van der Waals surface area contributed by atoms with E-state index in [0.717, 1.165) is 18.4 Å². The molecule has 0 aromatic carbocycles. The number of hydrogen-bond donors (Lipinski definition) is 1. The van der Waals surface area contributed by atoms with Crippen molar-refractivity contribution in [2.45, 2.75) is 49.9 Å². The van der Waals surface area contributed by atoms with Crippen molar-refractivity contribution in [3.05, 3.63) is 30.1 Å². The quantitative estimate of drug-likeness (QED) is 0.839. The van der Waals surface area contributed by atoms with Gasteiger partial charge < -0.3 is 10.1 Å². The molecule has 4 heterocycles. The van der Waals surface area contributed by atoms with E-state index in [1.165, 1.54) is 10.6 Å². The van der Waals surface area contributed by atoms with Gasteiger partial charge >= 0.3 is 0 Å². The van der Waals surface area contributed by atoms with Gasteiger partial charge in [0, 0.05) is 37.4 Å². The Bertz CT molecular complexity index is 762. The number of hydrogen-bond acceptors (Lipinski definition) is 5. The van der Waals surface area contributed by atoms with Gasteiger partial charge in [0.1, 0.15) is 0 Å². The minimum Gasteiger partial charge on any atom is -0.373 e. The Morgan fingerprint density at radius 2 is 1.81 bits per heavy atom. The zero-order valence-corrected chi connectivity index (χ0v) is 15.7. The van der Waals surface area contributed by atoms with Gasteiger partial charge in [0.25, 0.3) is 0 Å². The lowest BCUT2D eigenvalue weighted by molar-refractivity contribution is -0.127. The lowest BCUT2D eigenvalue weighted by Gasteiger charge is -2.33. The molecule has 1 amide bonds. The third kappa shape index (κ3) is 3.37. The van der Waals surface area contributed by atoms with Gasteiger partial charge in [0.15, 0.2) is 0 Å². The molecule has 3 fully saturated rings. The molecule has 0 radical (unpaired) electrons. The summed E-state index contributed by atoms with van der Waals surface area (Å²) in [6, 6.07) is 3.97. The van der Waals surface area contributed by atoms with E-state index in [1.807, 2.05) is 12.1 Å². The van der Waals surface area contributed by atoms with E-state index in [9.17, 15) is 13.2 Å². The molecule has 142 valence electrons. The smallest absolute Gasteiger partial charge is 0.226 e. The predicted octanol–water partition coefficient (Wildman–Crippen LogP) is 0.883. The number of nitrogens with one attached hydrogen (secondary N) is 1. The van der Waals surface area contributed by atoms with Gasteiger partial charge in [-0.25, -0.2) is 12.7 Å². The van der Waals surface area contributed by atoms with E-state index in [4.69, 9.17) is 4.74 Å². The minimum absolute atomic E-state index is 0.0192. The summed E-state index contributed by atoms with van der Waals surface area (Å²) in [5, 5.41) is 3.16. The Hall–Kier alpha value is -1.51. The second-order valence-electron chi connectivity index (χ2n) is 7.57. The van der Waals surface area contributed by atoms with E-state index in [2.05, 4.69) is 10.3 Å². The Morgan fingerprint density at radius 3 is 2.46 bits per heavy atom. The van der Waals surface area contributed by atoms with Crippen LogP contribution >= 0.6 is 0 Å². The Labute approximate surface area is 154 Å². The molecule has 1 aromatic rings. The lowest BCUT2D eigenvalue weighted by Crippen LogP contribution is -2.49. The summed E-state index contributed by atoms with van der Waals surface area (Å²) in [4.78, 5) is 17.1. The average molecular weight is 379 g/mol. The number of rotatable bonds is 4. The number of fused-ring (bicyclic) bond motifs is 2.